The molecular weight excluding hydrogens is 242 g/mol. The van der Waals surface area contributed by atoms with Crippen molar-refractivity contribution in [3.8, 4) is 0 Å². The molecular formula is C14H19N3S. The predicted molar refractivity (Wildman–Crippen MR) is 76.5 cm³/mol. The van der Waals surface area contributed by atoms with Gasteiger partial charge in [-0.15, -0.1) is 11.3 Å². The van der Waals surface area contributed by atoms with E-state index in [1.165, 1.54) is 16.7 Å². The average molecular weight is 261 g/mol. The van der Waals surface area contributed by atoms with Gasteiger partial charge >= 0.3 is 0 Å². The van der Waals surface area contributed by atoms with Crippen molar-refractivity contribution >= 4 is 11.3 Å². The molecule has 0 saturated carbocycles. The second-order valence-electron chi connectivity index (χ2n) is 4.62. The molecule has 1 aromatic carbocycles. The number of aromatic nitrogens is 1. The number of aryl methyl sites for hydroxylation is 3. The standard InChI is InChI=1S/C14H19N3S/c1-9-4-5-12(6-10(9)2)14(17-15)7-13-8-18-11(3)16-13/h4-6,8,14,17H,7,15H2,1-3H3. The van der Waals surface area contributed by atoms with Crippen LogP contribution in [0.15, 0.2) is 23.6 Å². The van der Waals surface area contributed by atoms with Gasteiger partial charge in [0.05, 0.1) is 16.7 Å². The molecule has 0 fully saturated rings. The highest BCUT2D eigenvalue weighted by Gasteiger charge is 2.12. The summed E-state index contributed by atoms with van der Waals surface area (Å²) in [5, 5.41) is 3.20. The number of benzene rings is 1. The first-order valence-electron chi connectivity index (χ1n) is 6.04. The van der Waals surface area contributed by atoms with E-state index in [1.807, 2.05) is 6.92 Å². The lowest BCUT2D eigenvalue weighted by Crippen LogP contribution is -2.29. The third-order valence-electron chi connectivity index (χ3n) is 3.21. The Labute approximate surface area is 112 Å². The monoisotopic (exact) mass is 261 g/mol. The molecule has 2 aromatic rings. The number of nitrogens with zero attached hydrogens (tertiary/aromatic N) is 1. The Morgan fingerprint density at radius 2 is 2.06 bits per heavy atom. The number of hydrogen-bond donors (Lipinski definition) is 2. The first-order chi connectivity index (χ1) is 8.60. The molecule has 0 spiro atoms. The molecule has 0 aliphatic rings. The molecule has 4 heteroatoms. The SMILES string of the molecule is Cc1nc(CC(NN)c2ccc(C)c(C)c2)cs1. The zero-order valence-corrected chi connectivity index (χ0v) is 11.8. The molecule has 3 nitrogen and oxygen atoms in total. The van der Waals surface area contributed by atoms with Gasteiger partial charge < -0.3 is 0 Å². The fourth-order valence-corrected chi connectivity index (χ4v) is 2.59. The van der Waals surface area contributed by atoms with Crippen LogP contribution in [0.3, 0.4) is 0 Å². The summed E-state index contributed by atoms with van der Waals surface area (Å²) in [5.41, 5.74) is 7.80. The molecule has 0 radical (unpaired) electrons. The van der Waals surface area contributed by atoms with Crippen LogP contribution in [0.4, 0.5) is 0 Å². The summed E-state index contributed by atoms with van der Waals surface area (Å²) in [7, 11) is 0. The molecule has 2 rings (SSSR count). The minimum Gasteiger partial charge on any atom is -0.271 e. The molecule has 1 unspecified atom stereocenters. The van der Waals surface area contributed by atoms with Gasteiger partial charge in [-0.05, 0) is 37.5 Å². The first kappa shape index (κ1) is 13.2. The zero-order chi connectivity index (χ0) is 13.1. The van der Waals surface area contributed by atoms with Gasteiger partial charge in [-0.3, -0.25) is 11.3 Å². The van der Waals surface area contributed by atoms with E-state index in [9.17, 15) is 0 Å². The topological polar surface area (TPSA) is 50.9 Å². The van der Waals surface area contributed by atoms with Crippen molar-refractivity contribution in [1.82, 2.24) is 10.4 Å². The second-order valence-corrected chi connectivity index (χ2v) is 5.69. The van der Waals surface area contributed by atoms with Crippen LogP contribution < -0.4 is 11.3 Å². The third-order valence-corrected chi connectivity index (χ3v) is 4.04. The molecule has 0 aliphatic carbocycles. The summed E-state index contributed by atoms with van der Waals surface area (Å²) < 4.78 is 0. The Morgan fingerprint density at radius 3 is 2.61 bits per heavy atom. The lowest BCUT2D eigenvalue weighted by Gasteiger charge is -2.16. The molecule has 0 amide bonds. The van der Waals surface area contributed by atoms with Gasteiger partial charge in [0.1, 0.15) is 0 Å². The predicted octanol–water partition coefficient (Wildman–Crippen LogP) is 2.82. The van der Waals surface area contributed by atoms with E-state index in [-0.39, 0.29) is 6.04 Å². The van der Waals surface area contributed by atoms with E-state index in [1.54, 1.807) is 11.3 Å². The van der Waals surface area contributed by atoms with E-state index in [0.717, 1.165) is 17.1 Å². The largest absolute Gasteiger partial charge is 0.271 e. The van der Waals surface area contributed by atoms with Crippen LogP contribution in [0.5, 0.6) is 0 Å². The zero-order valence-electron chi connectivity index (χ0n) is 11.0. The molecule has 0 aliphatic heterocycles. The van der Waals surface area contributed by atoms with Crippen molar-refractivity contribution in [3.63, 3.8) is 0 Å². The van der Waals surface area contributed by atoms with Gasteiger partial charge in [-0.2, -0.15) is 0 Å². The van der Waals surface area contributed by atoms with Crippen LogP contribution in [0, 0.1) is 20.8 Å². The highest BCUT2D eigenvalue weighted by atomic mass is 32.1. The molecule has 96 valence electrons. The van der Waals surface area contributed by atoms with Crippen molar-refractivity contribution in [2.45, 2.75) is 33.2 Å². The van der Waals surface area contributed by atoms with Gasteiger partial charge in [0.2, 0.25) is 0 Å². The molecule has 1 aromatic heterocycles. The average Bonchev–Trinajstić information content (AvgIpc) is 2.75. The number of nitrogens with two attached hydrogens (primary N) is 1. The molecule has 18 heavy (non-hydrogen) atoms. The highest BCUT2D eigenvalue weighted by molar-refractivity contribution is 7.09. The number of nitrogens with one attached hydrogen (secondary N) is 1. The van der Waals surface area contributed by atoms with E-state index in [2.05, 4.69) is 47.8 Å². The summed E-state index contributed by atoms with van der Waals surface area (Å²) in [6.07, 6.45) is 0.823. The number of rotatable bonds is 4. The maximum absolute atomic E-state index is 5.67. The third kappa shape index (κ3) is 2.96. The van der Waals surface area contributed by atoms with Gasteiger partial charge in [-0.1, -0.05) is 18.2 Å². The van der Waals surface area contributed by atoms with Crippen LogP contribution in [0.25, 0.3) is 0 Å². The second kappa shape index (κ2) is 5.61. The van der Waals surface area contributed by atoms with Crippen LogP contribution in [-0.2, 0) is 6.42 Å². The van der Waals surface area contributed by atoms with Gasteiger partial charge in [0, 0.05) is 11.8 Å². The fraction of sp³-hybridized carbons (Fsp3) is 0.357. The van der Waals surface area contributed by atoms with E-state index < -0.39 is 0 Å². The minimum atomic E-state index is 0.116. The molecule has 3 N–H and O–H groups in total. The van der Waals surface area contributed by atoms with Crippen molar-refractivity contribution < 1.29 is 0 Å². The highest BCUT2D eigenvalue weighted by Crippen LogP contribution is 2.21. The van der Waals surface area contributed by atoms with Crippen molar-refractivity contribution in [1.29, 1.82) is 0 Å². The summed E-state index contributed by atoms with van der Waals surface area (Å²) >= 11 is 1.68. The molecule has 0 saturated heterocycles. The fourth-order valence-electron chi connectivity index (χ4n) is 1.97. The summed E-state index contributed by atoms with van der Waals surface area (Å²) in [4.78, 5) is 4.49. The van der Waals surface area contributed by atoms with Crippen molar-refractivity contribution in [2.75, 3.05) is 0 Å². The normalized spacial score (nSPS) is 12.7. The van der Waals surface area contributed by atoms with E-state index >= 15 is 0 Å². The Kier molecular flexibility index (Phi) is 4.11. The smallest absolute Gasteiger partial charge is 0.0897 e. The maximum Gasteiger partial charge on any atom is 0.0897 e. The summed E-state index contributed by atoms with van der Waals surface area (Å²) in [6.45, 7) is 6.27. The lowest BCUT2D eigenvalue weighted by atomic mass is 9.98. The summed E-state index contributed by atoms with van der Waals surface area (Å²) in [6, 6.07) is 6.58. The Hall–Kier alpha value is -1.23. The van der Waals surface area contributed by atoms with Gasteiger partial charge in [0.15, 0.2) is 0 Å². The van der Waals surface area contributed by atoms with Gasteiger partial charge in [0.25, 0.3) is 0 Å². The number of hydrazine groups is 1. The van der Waals surface area contributed by atoms with Crippen LogP contribution in [-0.4, -0.2) is 4.98 Å². The molecule has 1 atom stereocenters. The van der Waals surface area contributed by atoms with Gasteiger partial charge in [-0.25, -0.2) is 4.98 Å². The Morgan fingerprint density at radius 1 is 1.28 bits per heavy atom. The quantitative estimate of drug-likeness (QED) is 0.657. The van der Waals surface area contributed by atoms with Crippen molar-refractivity contribution in [3.05, 3.63) is 51.0 Å². The Balaban J connectivity index is 2.19. The van der Waals surface area contributed by atoms with Crippen LogP contribution in [0.1, 0.15) is 33.4 Å². The lowest BCUT2D eigenvalue weighted by molar-refractivity contribution is 0.546. The van der Waals surface area contributed by atoms with E-state index in [4.69, 9.17) is 5.84 Å². The van der Waals surface area contributed by atoms with Crippen molar-refractivity contribution in [2.24, 2.45) is 5.84 Å². The Bertz CT molecular complexity index is 534. The van der Waals surface area contributed by atoms with Crippen LogP contribution >= 0.6 is 11.3 Å². The van der Waals surface area contributed by atoms with Crippen LogP contribution in [0.2, 0.25) is 0 Å². The molecule has 1 heterocycles. The number of hydrogen-bond acceptors (Lipinski definition) is 4. The van der Waals surface area contributed by atoms with E-state index in [0.29, 0.717) is 0 Å². The molecule has 0 bridgehead atoms. The first-order valence-corrected chi connectivity index (χ1v) is 6.92. The maximum atomic E-state index is 5.67. The summed E-state index contributed by atoms with van der Waals surface area (Å²) in [5.74, 6) is 5.67. The minimum absolute atomic E-state index is 0.116. The number of thiazole rings is 1.